The van der Waals surface area contributed by atoms with Crippen LogP contribution in [0.4, 0.5) is 15.8 Å². The van der Waals surface area contributed by atoms with Gasteiger partial charge in [-0.2, -0.15) is 0 Å². The van der Waals surface area contributed by atoms with E-state index >= 15 is 0 Å². The van der Waals surface area contributed by atoms with E-state index in [0.29, 0.717) is 17.5 Å². The van der Waals surface area contributed by atoms with E-state index in [0.717, 1.165) is 5.75 Å². The number of anilines is 1. The number of benzene rings is 2. The van der Waals surface area contributed by atoms with Crippen LogP contribution < -0.4 is 10.1 Å². The number of rotatable bonds is 6. The second kappa shape index (κ2) is 8.88. The van der Waals surface area contributed by atoms with Gasteiger partial charge in [-0.3, -0.25) is 14.5 Å². The molecule has 1 saturated heterocycles. The highest BCUT2D eigenvalue weighted by molar-refractivity contribution is 8.15. The number of aliphatic imine (C=N–C) groups is 1. The van der Waals surface area contributed by atoms with Crippen molar-refractivity contribution in [3.05, 3.63) is 54.3 Å². The molecule has 2 amide bonds. The highest BCUT2D eigenvalue weighted by Crippen LogP contribution is 2.31. The largest absolute Gasteiger partial charge is 0.494 e. The molecule has 0 aliphatic carbocycles. The minimum Gasteiger partial charge on any atom is -0.494 e. The predicted molar refractivity (Wildman–Crippen MR) is 109 cm³/mol. The van der Waals surface area contributed by atoms with Crippen LogP contribution in [0.5, 0.6) is 5.75 Å². The zero-order chi connectivity index (χ0) is 20.1. The molecule has 0 unspecified atom stereocenters. The Morgan fingerprint density at radius 1 is 1.25 bits per heavy atom. The molecule has 1 aliphatic rings. The Balaban J connectivity index is 1.65. The molecule has 1 atom stereocenters. The van der Waals surface area contributed by atoms with Crippen molar-refractivity contribution in [2.75, 3.05) is 19.0 Å². The number of thioether (sulfide) groups is 1. The molecule has 1 heterocycles. The third-order valence-corrected chi connectivity index (χ3v) is 5.26. The molecule has 0 aromatic heterocycles. The minimum atomic E-state index is -0.599. The number of hydrogen-bond donors (Lipinski definition) is 1. The van der Waals surface area contributed by atoms with Crippen LogP contribution >= 0.6 is 11.8 Å². The van der Waals surface area contributed by atoms with Gasteiger partial charge in [-0.05, 0) is 43.3 Å². The molecule has 2 aromatic carbocycles. The fourth-order valence-corrected chi connectivity index (χ4v) is 3.78. The summed E-state index contributed by atoms with van der Waals surface area (Å²) in [6.45, 7) is 2.49. The van der Waals surface area contributed by atoms with E-state index in [1.165, 1.54) is 28.8 Å². The molecule has 0 saturated carbocycles. The first-order chi connectivity index (χ1) is 13.5. The predicted octanol–water partition coefficient (Wildman–Crippen LogP) is 3.81. The summed E-state index contributed by atoms with van der Waals surface area (Å²) < 4.78 is 19.1. The normalized spacial score (nSPS) is 17.8. The van der Waals surface area contributed by atoms with Crippen LogP contribution in [0.2, 0.25) is 0 Å². The molecule has 1 N–H and O–H groups in total. The van der Waals surface area contributed by atoms with Gasteiger partial charge in [-0.25, -0.2) is 9.38 Å². The number of carbonyl (C=O) groups is 2. The topological polar surface area (TPSA) is 71.0 Å². The molecule has 1 fully saturated rings. The number of ether oxygens (including phenoxy) is 1. The molecule has 8 heteroatoms. The Kier molecular flexibility index (Phi) is 6.30. The summed E-state index contributed by atoms with van der Waals surface area (Å²) in [5, 5.41) is 2.42. The molecule has 6 nitrogen and oxygen atoms in total. The van der Waals surface area contributed by atoms with E-state index in [-0.39, 0.29) is 18.0 Å². The van der Waals surface area contributed by atoms with Crippen molar-refractivity contribution in [2.45, 2.75) is 18.6 Å². The molecule has 28 heavy (non-hydrogen) atoms. The van der Waals surface area contributed by atoms with Gasteiger partial charge in [0, 0.05) is 13.5 Å². The number of nitrogens with one attached hydrogen (secondary N) is 1. The number of halogens is 1. The van der Waals surface area contributed by atoms with Crippen molar-refractivity contribution >= 4 is 40.1 Å². The lowest BCUT2D eigenvalue weighted by Crippen LogP contribution is -2.30. The first-order valence-corrected chi connectivity index (χ1v) is 9.66. The summed E-state index contributed by atoms with van der Waals surface area (Å²) in [5.74, 6) is -0.404. The van der Waals surface area contributed by atoms with Crippen molar-refractivity contribution in [1.82, 2.24) is 4.90 Å². The second-order valence-electron chi connectivity index (χ2n) is 6.06. The summed E-state index contributed by atoms with van der Waals surface area (Å²) in [7, 11) is 1.62. The van der Waals surface area contributed by atoms with E-state index < -0.39 is 17.0 Å². The zero-order valence-electron chi connectivity index (χ0n) is 15.5. The van der Waals surface area contributed by atoms with Gasteiger partial charge in [0.2, 0.25) is 11.8 Å². The fourth-order valence-electron chi connectivity index (χ4n) is 2.62. The summed E-state index contributed by atoms with van der Waals surface area (Å²) in [4.78, 5) is 30.6. The highest BCUT2D eigenvalue weighted by Gasteiger charge is 2.37. The fraction of sp³-hybridized carbons (Fsp3) is 0.250. The van der Waals surface area contributed by atoms with Gasteiger partial charge in [0.1, 0.15) is 16.8 Å². The molecule has 1 aliphatic heterocycles. The smallest absolute Gasteiger partial charge is 0.242 e. The number of amidine groups is 1. The first kappa shape index (κ1) is 19.9. The number of nitrogens with zero attached hydrogens (tertiary/aromatic N) is 2. The van der Waals surface area contributed by atoms with Gasteiger partial charge in [0.15, 0.2) is 5.17 Å². The average Bonchev–Trinajstić information content (AvgIpc) is 2.93. The number of carbonyl (C=O) groups excluding carboxylic acids is 2. The van der Waals surface area contributed by atoms with Crippen molar-refractivity contribution < 1.29 is 18.7 Å². The average molecular weight is 401 g/mol. The van der Waals surface area contributed by atoms with Crippen LogP contribution in [-0.4, -0.2) is 40.8 Å². The minimum absolute atomic E-state index is 0.0650. The Labute approximate surface area is 166 Å². The highest BCUT2D eigenvalue weighted by atomic mass is 32.2. The third-order valence-electron chi connectivity index (χ3n) is 4.03. The van der Waals surface area contributed by atoms with E-state index in [9.17, 15) is 14.0 Å². The standard InChI is InChI=1S/C20H20FN3O3S/c1-3-27-14-10-8-13(9-11-14)22-20-24(2)19(26)17(28-20)12-18(25)23-16-7-5-4-6-15(16)21/h4-11,17H,3,12H2,1-2H3,(H,23,25)/t17-/m0/s1. The number of amides is 2. The Morgan fingerprint density at radius 3 is 2.64 bits per heavy atom. The lowest BCUT2D eigenvalue weighted by atomic mass is 10.2. The van der Waals surface area contributed by atoms with Gasteiger partial charge in [-0.15, -0.1) is 0 Å². The molecule has 0 radical (unpaired) electrons. The van der Waals surface area contributed by atoms with Gasteiger partial charge in [0.25, 0.3) is 0 Å². The quantitative estimate of drug-likeness (QED) is 0.799. The summed E-state index contributed by atoms with van der Waals surface area (Å²) >= 11 is 1.22. The number of hydrogen-bond acceptors (Lipinski definition) is 5. The van der Waals surface area contributed by atoms with Crippen LogP contribution in [0.15, 0.2) is 53.5 Å². The van der Waals surface area contributed by atoms with Crippen LogP contribution in [-0.2, 0) is 9.59 Å². The Morgan fingerprint density at radius 2 is 1.96 bits per heavy atom. The van der Waals surface area contributed by atoms with Crippen LogP contribution in [0.3, 0.4) is 0 Å². The molecular formula is C20H20FN3O3S. The van der Waals surface area contributed by atoms with Crippen LogP contribution in [0.1, 0.15) is 13.3 Å². The molecule has 2 aromatic rings. The summed E-state index contributed by atoms with van der Waals surface area (Å²) in [5.41, 5.74) is 0.779. The molecule has 146 valence electrons. The third kappa shape index (κ3) is 4.69. The van der Waals surface area contributed by atoms with Crippen molar-refractivity contribution in [3.63, 3.8) is 0 Å². The molecular weight excluding hydrogens is 381 g/mol. The Bertz CT molecular complexity index is 902. The lowest BCUT2D eigenvalue weighted by Gasteiger charge is -2.09. The van der Waals surface area contributed by atoms with E-state index in [4.69, 9.17) is 4.74 Å². The lowest BCUT2D eigenvalue weighted by molar-refractivity contribution is -0.127. The van der Waals surface area contributed by atoms with Crippen LogP contribution in [0.25, 0.3) is 0 Å². The molecule has 0 bridgehead atoms. The Hall–Kier alpha value is -2.87. The maximum Gasteiger partial charge on any atom is 0.242 e. The monoisotopic (exact) mass is 401 g/mol. The zero-order valence-corrected chi connectivity index (χ0v) is 16.3. The summed E-state index contributed by atoms with van der Waals surface area (Å²) in [6.07, 6.45) is -0.0650. The molecule has 3 rings (SSSR count). The van der Waals surface area contributed by atoms with Crippen molar-refractivity contribution in [3.8, 4) is 5.75 Å². The molecule has 0 spiro atoms. The van der Waals surface area contributed by atoms with Crippen molar-refractivity contribution in [1.29, 1.82) is 0 Å². The van der Waals surface area contributed by atoms with E-state index in [2.05, 4.69) is 10.3 Å². The van der Waals surface area contributed by atoms with E-state index in [1.807, 2.05) is 19.1 Å². The summed E-state index contributed by atoms with van der Waals surface area (Å²) in [6, 6.07) is 13.1. The van der Waals surface area contributed by atoms with Gasteiger partial charge in [0.05, 0.1) is 18.0 Å². The van der Waals surface area contributed by atoms with Crippen molar-refractivity contribution in [2.24, 2.45) is 4.99 Å². The van der Waals surface area contributed by atoms with E-state index in [1.54, 1.807) is 31.3 Å². The SMILES string of the molecule is CCOc1ccc(N=C2S[C@@H](CC(=O)Nc3ccccc3F)C(=O)N2C)cc1. The first-order valence-electron chi connectivity index (χ1n) is 8.78. The maximum absolute atomic E-state index is 13.7. The van der Waals surface area contributed by atoms with Gasteiger partial charge < -0.3 is 10.1 Å². The van der Waals surface area contributed by atoms with Crippen LogP contribution in [0, 0.1) is 5.82 Å². The van der Waals surface area contributed by atoms with Gasteiger partial charge in [-0.1, -0.05) is 23.9 Å². The second-order valence-corrected chi connectivity index (χ2v) is 7.23. The van der Waals surface area contributed by atoms with Gasteiger partial charge >= 0.3 is 0 Å². The number of para-hydroxylation sites is 1. The maximum atomic E-state index is 13.7.